The maximum atomic E-state index is 13.3. The van der Waals surface area contributed by atoms with Gasteiger partial charge >= 0.3 is 0 Å². The summed E-state index contributed by atoms with van der Waals surface area (Å²) in [6.07, 6.45) is 1.33. The number of aryl methyl sites for hydroxylation is 1. The molecule has 0 aliphatic heterocycles. The smallest absolute Gasteiger partial charge is 0.248 e. The van der Waals surface area contributed by atoms with E-state index in [1.54, 1.807) is 19.1 Å². The van der Waals surface area contributed by atoms with E-state index >= 15 is 0 Å². The Morgan fingerprint density at radius 1 is 1.39 bits per heavy atom. The first-order valence-corrected chi connectivity index (χ1v) is 6.34. The molecule has 0 amide bonds. The van der Waals surface area contributed by atoms with E-state index in [4.69, 9.17) is 0 Å². The lowest BCUT2D eigenvalue weighted by molar-refractivity contribution is -0.0502. The fraction of sp³-hybridized carbons (Fsp3) is 0.571. The van der Waals surface area contributed by atoms with Crippen molar-refractivity contribution in [1.29, 1.82) is 0 Å². The van der Waals surface area contributed by atoms with Crippen LogP contribution < -0.4 is 5.32 Å². The van der Waals surface area contributed by atoms with Crippen LogP contribution in [0.2, 0.25) is 0 Å². The number of rotatable bonds is 3. The molecule has 1 aromatic carbocycles. The zero-order valence-corrected chi connectivity index (χ0v) is 10.5. The van der Waals surface area contributed by atoms with Gasteiger partial charge in [-0.3, -0.25) is 0 Å². The van der Waals surface area contributed by atoms with Crippen LogP contribution in [-0.4, -0.2) is 12.5 Å². The largest absolute Gasteiger partial charge is 0.385 e. The summed E-state index contributed by atoms with van der Waals surface area (Å²) in [5.74, 6) is -2.82. The zero-order chi connectivity index (χ0) is 13.2. The molecule has 100 valence electrons. The van der Waals surface area contributed by atoms with E-state index in [1.165, 1.54) is 6.07 Å². The van der Waals surface area contributed by atoms with E-state index < -0.39 is 5.92 Å². The summed E-state index contributed by atoms with van der Waals surface area (Å²) in [6, 6.07) is 4.88. The molecule has 0 saturated heterocycles. The van der Waals surface area contributed by atoms with Crippen molar-refractivity contribution >= 4 is 5.69 Å². The van der Waals surface area contributed by atoms with Crippen LogP contribution in [0.1, 0.15) is 31.2 Å². The van der Waals surface area contributed by atoms with Gasteiger partial charge in [-0.1, -0.05) is 6.07 Å². The number of hydrogen-bond acceptors (Lipinski definition) is 1. The highest BCUT2D eigenvalue weighted by Crippen LogP contribution is 2.36. The number of hydrogen-bond donors (Lipinski definition) is 1. The SMILES string of the molecule is Cc1ccc(NCC2CCCC(F)(F)C2)cc1F. The number of nitrogens with one attached hydrogen (secondary N) is 1. The summed E-state index contributed by atoms with van der Waals surface area (Å²) in [6.45, 7) is 2.18. The van der Waals surface area contributed by atoms with E-state index in [-0.39, 0.29) is 24.6 Å². The third-order valence-corrected chi connectivity index (χ3v) is 3.51. The van der Waals surface area contributed by atoms with Gasteiger partial charge < -0.3 is 5.32 Å². The third kappa shape index (κ3) is 3.40. The number of alkyl halides is 2. The predicted molar refractivity (Wildman–Crippen MR) is 66.5 cm³/mol. The molecule has 0 spiro atoms. The monoisotopic (exact) mass is 257 g/mol. The van der Waals surface area contributed by atoms with E-state index in [0.717, 1.165) is 6.42 Å². The minimum atomic E-state index is -2.52. The summed E-state index contributed by atoms with van der Waals surface area (Å²) in [5, 5.41) is 3.05. The van der Waals surface area contributed by atoms with Gasteiger partial charge in [-0.2, -0.15) is 0 Å². The Morgan fingerprint density at radius 3 is 2.83 bits per heavy atom. The zero-order valence-electron chi connectivity index (χ0n) is 10.5. The van der Waals surface area contributed by atoms with Crippen LogP contribution >= 0.6 is 0 Å². The summed E-state index contributed by atoms with van der Waals surface area (Å²) in [7, 11) is 0. The van der Waals surface area contributed by atoms with Crippen LogP contribution in [0.25, 0.3) is 0 Å². The molecular weight excluding hydrogens is 239 g/mol. The van der Waals surface area contributed by atoms with E-state index in [1.807, 2.05) is 0 Å². The minimum Gasteiger partial charge on any atom is -0.385 e. The van der Waals surface area contributed by atoms with E-state index in [2.05, 4.69) is 5.32 Å². The molecule has 4 heteroatoms. The lowest BCUT2D eigenvalue weighted by Crippen LogP contribution is -2.29. The summed E-state index contributed by atoms with van der Waals surface area (Å²) < 4.78 is 39.7. The summed E-state index contributed by atoms with van der Waals surface area (Å²) in [4.78, 5) is 0. The second kappa shape index (κ2) is 5.21. The molecular formula is C14H18F3N. The molecule has 0 aromatic heterocycles. The molecule has 1 N–H and O–H groups in total. The Labute approximate surface area is 105 Å². The average molecular weight is 257 g/mol. The first-order chi connectivity index (χ1) is 8.46. The molecule has 0 radical (unpaired) electrons. The van der Waals surface area contributed by atoms with Crippen LogP contribution in [0.4, 0.5) is 18.9 Å². The van der Waals surface area contributed by atoms with Gasteiger partial charge in [-0.25, -0.2) is 13.2 Å². The standard InChI is InChI=1S/C14H18F3N/c1-10-4-5-12(7-13(10)15)18-9-11-3-2-6-14(16,17)8-11/h4-5,7,11,18H,2-3,6,8-9H2,1H3. The molecule has 1 unspecified atom stereocenters. The Kier molecular flexibility index (Phi) is 3.83. The van der Waals surface area contributed by atoms with Crippen molar-refractivity contribution in [3.8, 4) is 0 Å². The molecule has 0 heterocycles. The van der Waals surface area contributed by atoms with Crippen molar-refractivity contribution in [3.63, 3.8) is 0 Å². The molecule has 1 nitrogen and oxygen atoms in total. The van der Waals surface area contributed by atoms with Gasteiger partial charge in [0.25, 0.3) is 0 Å². The molecule has 1 atom stereocenters. The lowest BCUT2D eigenvalue weighted by Gasteiger charge is -2.29. The van der Waals surface area contributed by atoms with Gasteiger partial charge in [0.05, 0.1) is 0 Å². The fourth-order valence-corrected chi connectivity index (χ4v) is 2.42. The average Bonchev–Trinajstić information content (AvgIpc) is 2.29. The van der Waals surface area contributed by atoms with Gasteiger partial charge in [0.15, 0.2) is 0 Å². The van der Waals surface area contributed by atoms with Crippen LogP contribution in [0.3, 0.4) is 0 Å². The van der Waals surface area contributed by atoms with Crippen molar-refractivity contribution in [2.45, 2.75) is 38.5 Å². The second-order valence-corrected chi connectivity index (χ2v) is 5.16. The maximum Gasteiger partial charge on any atom is 0.248 e. The van der Waals surface area contributed by atoms with Gasteiger partial charge in [-0.15, -0.1) is 0 Å². The second-order valence-electron chi connectivity index (χ2n) is 5.16. The summed E-state index contributed by atoms with van der Waals surface area (Å²) in [5.41, 5.74) is 1.25. The lowest BCUT2D eigenvalue weighted by atomic mass is 9.86. The Hall–Kier alpha value is -1.19. The van der Waals surface area contributed by atoms with Gasteiger partial charge in [0, 0.05) is 25.1 Å². The minimum absolute atomic E-state index is 0.00264. The molecule has 1 aromatic rings. The normalized spacial score (nSPS) is 22.8. The van der Waals surface area contributed by atoms with Crippen molar-refractivity contribution in [1.82, 2.24) is 0 Å². The Morgan fingerprint density at radius 2 is 2.17 bits per heavy atom. The van der Waals surface area contributed by atoms with Crippen LogP contribution in [0.15, 0.2) is 18.2 Å². The number of benzene rings is 1. The van der Waals surface area contributed by atoms with Gasteiger partial charge in [0.2, 0.25) is 5.92 Å². The van der Waals surface area contributed by atoms with Gasteiger partial charge in [-0.05, 0) is 43.4 Å². The number of anilines is 1. The van der Waals surface area contributed by atoms with Gasteiger partial charge in [0.1, 0.15) is 5.82 Å². The topological polar surface area (TPSA) is 12.0 Å². The van der Waals surface area contributed by atoms with Crippen LogP contribution in [-0.2, 0) is 0 Å². The summed E-state index contributed by atoms with van der Waals surface area (Å²) >= 11 is 0. The van der Waals surface area contributed by atoms with Crippen molar-refractivity contribution in [3.05, 3.63) is 29.6 Å². The first-order valence-electron chi connectivity index (χ1n) is 6.34. The highest BCUT2D eigenvalue weighted by atomic mass is 19.3. The molecule has 18 heavy (non-hydrogen) atoms. The molecule has 2 rings (SSSR count). The molecule has 1 aliphatic carbocycles. The highest BCUT2D eigenvalue weighted by molar-refractivity contribution is 5.45. The molecule has 1 fully saturated rings. The first kappa shape index (κ1) is 13.2. The predicted octanol–water partition coefficient (Wildman–Crippen LogP) is 4.37. The molecule has 1 aliphatic rings. The maximum absolute atomic E-state index is 13.3. The molecule has 0 bridgehead atoms. The highest BCUT2D eigenvalue weighted by Gasteiger charge is 2.35. The fourth-order valence-electron chi connectivity index (χ4n) is 2.42. The number of halogens is 3. The Bertz CT molecular complexity index is 418. The Balaban J connectivity index is 1.89. The van der Waals surface area contributed by atoms with E-state index in [9.17, 15) is 13.2 Å². The van der Waals surface area contributed by atoms with Crippen LogP contribution in [0.5, 0.6) is 0 Å². The van der Waals surface area contributed by atoms with Crippen LogP contribution in [0, 0.1) is 18.7 Å². The van der Waals surface area contributed by atoms with Crippen molar-refractivity contribution in [2.75, 3.05) is 11.9 Å². The third-order valence-electron chi connectivity index (χ3n) is 3.51. The van der Waals surface area contributed by atoms with Crippen molar-refractivity contribution < 1.29 is 13.2 Å². The molecule has 1 saturated carbocycles. The quantitative estimate of drug-likeness (QED) is 0.847. The van der Waals surface area contributed by atoms with Crippen molar-refractivity contribution in [2.24, 2.45) is 5.92 Å². The van der Waals surface area contributed by atoms with E-state index in [0.29, 0.717) is 24.2 Å².